The van der Waals surface area contributed by atoms with Crippen molar-refractivity contribution in [1.29, 1.82) is 0 Å². The zero-order valence-corrected chi connectivity index (χ0v) is 15.1. The third-order valence-electron chi connectivity index (χ3n) is 6.40. The molecule has 0 aromatic heterocycles. The number of carbonyl (C=O) groups excluding carboxylic acids is 1. The summed E-state index contributed by atoms with van der Waals surface area (Å²) in [5.74, 6) is 0.481. The van der Waals surface area contributed by atoms with E-state index in [1.165, 1.54) is 23.1 Å². The summed E-state index contributed by atoms with van der Waals surface area (Å²) < 4.78 is 5.83. The summed E-state index contributed by atoms with van der Waals surface area (Å²) in [7, 11) is 0. The molecule has 0 saturated carbocycles. The summed E-state index contributed by atoms with van der Waals surface area (Å²) in [4.78, 5) is 15.7. The van der Waals surface area contributed by atoms with E-state index in [1.807, 2.05) is 6.07 Å². The fraction of sp³-hybridized carbons (Fsp3) is 0.435. The maximum Gasteiger partial charge on any atom is 0.166 e. The Labute approximate surface area is 155 Å². The number of Topliss-reactive ketones (excluding diaryl/α,β-unsaturated/α-hetero) is 1. The number of fused-ring (bicyclic) bond motifs is 3. The van der Waals surface area contributed by atoms with Gasteiger partial charge in [-0.25, -0.2) is 0 Å². The van der Waals surface area contributed by atoms with Gasteiger partial charge in [0.25, 0.3) is 0 Å². The molecular formula is C23H25NO2. The lowest BCUT2D eigenvalue weighted by Gasteiger charge is -2.48. The Morgan fingerprint density at radius 1 is 0.962 bits per heavy atom. The van der Waals surface area contributed by atoms with E-state index in [1.54, 1.807) is 0 Å². The lowest BCUT2D eigenvalue weighted by Crippen LogP contribution is -2.57. The van der Waals surface area contributed by atoms with Crippen molar-refractivity contribution in [3.05, 3.63) is 70.8 Å². The number of hydrogen-bond donors (Lipinski definition) is 0. The lowest BCUT2D eigenvalue weighted by atomic mass is 9.79. The average molecular weight is 347 g/mol. The van der Waals surface area contributed by atoms with Crippen molar-refractivity contribution in [2.45, 2.75) is 44.3 Å². The van der Waals surface area contributed by atoms with Gasteiger partial charge in [-0.15, -0.1) is 0 Å². The molecule has 1 aliphatic carbocycles. The van der Waals surface area contributed by atoms with Crippen molar-refractivity contribution in [3.63, 3.8) is 0 Å². The minimum atomic E-state index is 0.138. The van der Waals surface area contributed by atoms with Crippen LogP contribution in [0.15, 0.2) is 48.5 Å². The van der Waals surface area contributed by atoms with Crippen LogP contribution in [0.1, 0.15) is 39.9 Å². The predicted octanol–water partition coefficient (Wildman–Crippen LogP) is 3.65. The molecule has 2 aromatic rings. The van der Waals surface area contributed by atoms with Crippen molar-refractivity contribution in [2.24, 2.45) is 5.92 Å². The highest BCUT2D eigenvalue weighted by atomic mass is 16.5. The van der Waals surface area contributed by atoms with Crippen LogP contribution in [0.25, 0.3) is 0 Å². The monoisotopic (exact) mass is 347 g/mol. The Morgan fingerprint density at radius 2 is 1.69 bits per heavy atom. The first-order chi connectivity index (χ1) is 12.8. The molecule has 2 unspecified atom stereocenters. The first-order valence-electron chi connectivity index (χ1n) is 9.81. The third kappa shape index (κ3) is 2.89. The maximum atomic E-state index is 13.1. The quantitative estimate of drug-likeness (QED) is 0.791. The Morgan fingerprint density at radius 3 is 2.35 bits per heavy atom. The highest BCUT2D eigenvalue weighted by Gasteiger charge is 2.41. The van der Waals surface area contributed by atoms with Crippen LogP contribution in [0.3, 0.4) is 0 Å². The van der Waals surface area contributed by atoms with Gasteiger partial charge in [0.1, 0.15) is 0 Å². The first-order valence-corrected chi connectivity index (χ1v) is 9.81. The summed E-state index contributed by atoms with van der Waals surface area (Å²) in [5, 5.41) is 0. The number of hydrogen-bond acceptors (Lipinski definition) is 3. The average Bonchev–Trinajstić information content (AvgIpc) is 2.63. The van der Waals surface area contributed by atoms with Gasteiger partial charge >= 0.3 is 0 Å². The van der Waals surface area contributed by atoms with Gasteiger partial charge in [-0.2, -0.15) is 0 Å². The Hall–Kier alpha value is -1.97. The van der Waals surface area contributed by atoms with Crippen molar-refractivity contribution < 1.29 is 9.53 Å². The summed E-state index contributed by atoms with van der Waals surface area (Å²) in [6, 6.07) is 17.7. The zero-order valence-electron chi connectivity index (χ0n) is 15.1. The third-order valence-corrected chi connectivity index (χ3v) is 6.40. The van der Waals surface area contributed by atoms with E-state index in [-0.39, 0.29) is 5.92 Å². The van der Waals surface area contributed by atoms with E-state index in [9.17, 15) is 4.79 Å². The molecule has 2 aromatic carbocycles. The van der Waals surface area contributed by atoms with Gasteiger partial charge in [0.15, 0.2) is 5.78 Å². The largest absolute Gasteiger partial charge is 0.378 e. The van der Waals surface area contributed by atoms with Gasteiger partial charge in [-0.05, 0) is 48.4 Å². The molecular weight excluding hydrogens is 322 g/mol. The number of rotatable bonds is 4. The first kappa shape index (κ1) is 16.2. The fourth-order valence-electron chi connectivity index (χ4n) is 4.84. The van der Waals surface area contributed by atoms with Crippen molar-refractivity contribution in [1.82, 2.24) is 4.90 Å². The van der Waals surface area contributed by atoms with Crippen LogP contribution in [-0.2, 0) is 24.1 Å². The van der Waals surface area contributed by atoms with Gasteiger partial charge in [-0.1, -0.05) is 42.5 Å². The zero-order chi connectivity index (χ0) is 17.5. The minimum Gasteiger partial charge on any atom is -0.378 e. The number of nitrogens with zero attached hydrogens (tertiary/aromatic N) is 1. The van der Waals surface area contributed by atoms with Crippen LogP contribution in [0, 0.1) is 5.92 Å². The molecule has 2 bridgehead atoms. The molecule has 2 saturated heterocycles. The van der Waals surface area contributed by atoms with Gasteiger partial charge in [0.2, 0.25) is 0 Å². The summed E-state index contributed by atoms with van der Waals surface area (Å²) in [6.45, 7) is 2.45. The molecule has 2 atom stereocenters. The van der Waals surface area contributed by atoms with Crippen LogP contribution in [-0.4, -0.2) is 36.0 Å². The molecule has 0 spiro atoms. The standard InChI is InChI=1S/C23H25NO2/c25-23(19-9-7-17-6-8-18(17)10-19)20-11-21-14-26-15-22(12-20)24(21)13-16-4-2-1-3-5-16/h1-5,7,9-10,20-22H,6,8,11-15H2. The van der Waals surface area contributed by atoms with E-state index < -0.39 is 0 Å². The normalized spacial score (nSPS) is 27.5. The number of aryl methyl sites for hydroxylation is 2. The second kappa shape index (κ2) is 6.64. The van der Waals surface area contributed by atoms with Crippen LogP contribution >= 0.6 is 0 Å². The fourth-order valence-corrected chi connectivity index (χ4v) is 4.84. The molecule has 3 heteroatoms. The highest BCUT2D eigenvalue weighted by Crippen LogP contribution is 2.35. The van der Waals surface area contributed by atoms with Crippen LogP contribution in [0.4, 0.5) is 0 Å². The Kier molecular flexibility index (Phi) is 4.14. The number of ketones is 1. The molecule has 5 rings (SSSR count). The summed E-state index contributed by atoms with van der Waals surface area (Å²) in [5.41, 5.74) is 5.06. The maximum absolute atomic E-state index is 13.1. The molecule has 3 aliphatic rings. The van der Waals surface area contributed by atoms with Crippen molar-refractivity contribution >= 4 is 5.78 Å². The number of carbonyl (C=O) groups is 1. The Bertz CT molecular complexity index is 802. The van der Waals surface area contributed by atoms with E-state index in [0.717, 1.165) is 44.6 Å². The smallest absolute Gasteiger partial charge is 0.166 e. The van der Waals surface area contributed by atoms with Gasteiger partial charge in [0, 0.05) is 30.1 Å². The number of morpholine rings is 1. The van der Waals surface area contributed by atoms with E-state index in [4.69, 9.17) is 4.74 Å². The van der Waals surface area contributed by atoms with Gasteiger partial charge < -0.3 is 4.74 Å². The molecule has 0 radical (unpaired) electrons. The highest BCUT2D eigenvalue weighted by molar-refractivity contribution is 5.98. The van der Waals surface area contributed by atoms with Gasteiger partial charge in [0.05, 0.1) is 13.2 Å². The topological polar surface area (TPSA) is 29.5 Å². The van der Waals surface area contributed by atoms with E-state index in [2.05, 4.69) is 47.4 Å². The Balaban J connectivity index is 1.33. The van der Waals surface area contributed by atoms with Crippen LogP contribution < -0.4 is 0 Å². The minimum absolute atomic E-state index is 0.138. The van der Waals surface area contributed by atoms with Crippen molar-refractivity contribution in [2.75, 3.05) is 13.2 Å². The molecule has 3 nitrogen and oxygen atoms in total. The summed E-state index contributed by atoms with van der Waals surface area (Å²) in [6.07, 6.45) is 4.13. The molecule has 0 amide bonds. The van der Waals surface area contributed by atoms with Crippen LogP contribution in [0.5, 0.6) is 0 Å². The van der Waals surface area contributed by atoms with Gasteiger partial charge in [-0.3, -0.25) is 9.69 Å². The number of ether oxygens (including phenoxy) is 1. The summed E-state index contributed by atoms with van der Waals surface area (Å²) >= 11 is 0. The van der Waals surface area contributed by atoms with Crippen molar-refractivity contribution in [3.8, 4) is 0 Å². The van der Waals surface area contributed by atoms with E-state index >= 15 is 0 Å². The molecule has 26 heavy (non-hydrogen) atoms. The molecule has 0 N–H and O–H groups in total. The number of benzene rings is 2. The predicted molar refractivity (Wildman–Crippen MR) is 101 cm³/mol. The van der Waals surface area contributed by atoms with E-state index in [0.29, 0.717) is 17.9 Å². The van der Waals surface area contributed by atoms with Crippen LogP contribution in [0.2, 0.25) is 0 Å². The second-order valence-electron chi connectivity index (χ2n) is 8.02. The molecule has 2 fully saturated rings. The lowest BCUT2D eigenvalue weighted by molar-refractivity contribution is -0.0872. The number of piperidine rings is 1. The second-order valence-corrected chi connectivity index (χ2v) is 8.02. The molecule has 2 heterocycles. The molecule has 134 valence electrons. The molecule has 2 aliphatic heterocycles. The SMILES string of the molecule is O=C(c1ccc2c(c1)CC2)C1CC2COCC(C1)N2Cc1ccccc1.